The summed E-state index contributed by atoms with van der Waals surface area (Å²) >= 11 is 0. The fraction of sp³-hybridized carbons (Fsp3) is 0.150. The summed E-state index contributed by atoms with van der Waals surface area (Å²) in [4.78, 5) is 22.8. The highest BCUT2D eigenvalue weighted by atomic mass is 16.6. The number of non-ortho nitro benzene ring substituents is 1. The molecule has 0 fully saturated rings. The summed E-state index contributed by atoms with van der Waals surface area (Å²) in [6, 6.07) is 15.6. The molecule has 0 radical (unpaired) electrons. The molecule has 2 aromatic carbocycles. The Kier molecular flexibility index (Phi) is 4.67. The molecule has 1 amide bonds. The number of nitro groups is 1. The van der Waals surface area contributed by atoms with Crippen LogP contribution in [0.3, 0.4) is 0 Å². The molecule has 0 spiro atoms. The van der Waals surface area contributed by atoms with Crippen LogP contribution in [0.15, 0.2) is 59.7 Å². The van der Waals surface area contributed by atoms with Crippen LogP contribution >= 0.6 is 0 Å². The Morgan fingerprint density at radius 3 is 2.61 bits per heavy atom. The standard InChI is InChI=1S/C20H17N5O3/c26-20(22-21-13-14-9-11-16(12-10-14)25(27)28)19-17-7-4-8-18(17)24(23-19)15-5-2-1-3-6-15/h1-3,5-6,9-13H,4,7-8H2,(H,22,26)/b21-13+. The van der Waals surface area contributed by atoms with E-state index in [0.717, 1.165) is 36.2 Å². The highest BCUT2D eigenvalue weighted by Gasteiger charge is 2.26. The number of benzene rings is 2. The van der Waals surface area contributed by atoms with Crippen LogP contribution in [0.1, 0.15) is 33.7 Å². The van der Waals surface area contributed by atoms with E-state index in [2.05, 4.69) is 15.6 Å². The van der Waals surface area contributed by atoms with Crippen LogP contribution in [0.4, 0.5) is 5.69 Å². The summed E-state index contributed by atoms with van der Waals surface area (Å²) in [6.07, 6.45) is 4.13. The van der Waals surface area contributed by atoms with Crippen molar-refractivity contribution in [3.63, 3.8) is 0 Å². The number of aromatic nitrogens is 2. The third-order valence-corrected chi connectivity index (χ3v) is 4.63. The predicted octanol–water partition coefficient (Wildman–Crippen LogP) is 3.03. The second kappa shape index (κ2) is 7.43. The van der Waals surface area contributed by atoms with E-state index in [0.29, 0.717) is 11.3 Å². The van der Waals surface area contributed by atoms with Gasteiger partial charge in [-0.2, -0.15) is 10.2 Å². The van der Waals surface area contributed by atoms with Gasteiger partial charge in [-0.05, 0) is 49.1 Å². The number of amides is 1. The van der Waals surface area contributed by atoms with Crippen molar-refractivity contribution in [3.8, 4) is 5.69 Å². The lowest BCUT2D eigenvalue weighted by Gasteiger charge is -2.04. The maximum atomic E-state index is 12.6. The Hall–Kier alpha value is -3.81. The smallest absolute Gasteiger partial charge is 0.265 e. The molecule has 4 rings (SSSR count). The van der Waals surface area contributed by atoms with Gasteiger partial charge < -0.3 is 0 Å². The van der Waals surface area contributed by atoms with Crippen LogP contribution < -0.4 is 5.43 Å². The molecule has 0 bridgehead atoms. The number of carbonyl (C=O) groups excluding carboxylic acids is 1. The van der Waals surface area contributed by atoms with Gasteiger partial charge in [-0.15, -0.1) is 0 Å². The summed E-state index contributed by atoms with van der Waals surface area (Å²) in [5.74, 6) is -0.369. The van der Waals surface area contributed by atoms with Crippen LogP contribution in [0.2, 0.25) is 0 Å². The first-order chi connectivity index (χ1) is 13.6. The van der Waals surface area contributed by atoms with Crippen LogP contribution in [-0.4, -0.2) is 26.8 Å². The molecule has 0 unspecified atom stereocenters. The van der Waals surface area contributed by atoms with Gasteiger partial charge >= 0.3 is 0 Å². The van der Waals surface area contributed by atoms with Gasteiger partial charge in [0.2, 0.25) is 0 Å². The topological polar surface area (TPSA) is 102 Å². The summed E-state index contributed by atoms with van der Waals surface area (Å²) in [5.41, 5.74) is 6.49. The van der Waals surface area contributed by atoms with Crippen LogP contribution in [0, 0.1) is 10.1 Å². The third kappa shape index (κ3) is 3.39. The average Bonchev–Trinajstić information content (AvgIpc) is 3.31. The number of hydrogen-bond acceptors (Lipinski definition) is 5. The molecule has 1 heterocycles. The van der Waals surface area contributed by atoms with Crippen molar-refractivity contribution in [1.29, 1.82) is 0 Å². The second-order valence-corrected chi connectivity index (χ2v) is 6.42. The highest BCUT2D eigenvalue weighted by molar-refractivity contribution is 5.95. The fourth-order valence-electron chi connectivity index (χ4n) is 3.30. The van der Waals surface area contributed by atoms with Gasteiger partial charge in [-0.1, -0.05) is 18.2 Å². The first kappa shape index (κ1) is 17.6. The fourth-order valence-corrected chi connectivity index (χ4v) is 3.30. The monoisotopic (exact) mass is 375 g/mol. The van der Waals surface area contributed by atoms with Gasteiger partial charge in [-0.3, -0.25) is 14.9 Å². The van der Waals surface area contributed by atoms with Crippen molar-refractivity contribution in [2.24, 2.45) is 5.10 Å². The predicted molar refractivity (Wildman–Crippen MR) is 104 cm³/mol. The van der Waals surface area contributed by atoms with Crippen LogP contribution in [0.25, 0.3) is 5.69 Å². The van der Waals surface area contributed by atoms with E-state index >= 15 is 0 Å². The van der Waals surface area contributed by atoms with Crippen molar-refractivity contribution < 1.29 is 9.72 Å². The zero-order chi connectivity index (χ0) is 19.5. The molecule has 1 aliphatic rings. The van der Waals surface area contributed by atoms with E-state index in [4.69, 9.17) is 0 Å². The van der Waals surface area contributed by atoms with Gasteiger partial charge in [0, 0.05) is 23.4 Å². The number of nitro benzene ring substituents is 1. The summed E-state index contributed by atoms with van der Waals surface area (Å²) < 4.78 is 1.83. The molecular weight excluding hydrogens is 358 g/mol. The molecule has 0 saturated carbocycles. The first-order valence-electron chi connectivity index (χ1n) is 8.87. The summed E-state index contributed by atoms with van der Waals surface area (Å²) in [7, 11) is 0. The number of rotatable bonds is 5. The number of carbonyl (C=O) groups is 1. The zero-order valence-electron chi connectivity index (χ0n) is 14.9. The van der Waals surface area contributed by atoms with E-state index < -0.39 is 4.92 Å². The van der Waals surface area contributed by atoms with E-state index in [1.807, 2.05) is 35.0 Å². The lowest BCUT2D eigenvalue weighted by Crippen LogP contribution is -2.20. The maximum absolute atomic E-state index is 12.6. The Morgan fingerprint density at radius 1 is 1.14 bits per heavy atom. The zero-order valence-corrected chi connectivity index (χ0v) is 14.9. The number of fused-ring (bicyclic) bond motifs is 1. The number of nitrogens with zero attached hydrogens (tertiary/aromatic N) is 4. The Labute approximate surface area is 160 Å². The normalized spacial score (nSPS) is 12.9. The van der Waals surface area contributed by atoms with Gasteiger partial charge in [0.15, 0.2) is 5.69 Å². The van der Waals surface area contributed by atoms with Gasteiger partial charge in [0.05, 0.1) is 16.8 Å². The minimum Gasteiger partial charge on any atom is -0.265 e. The molecule has 8 nitrogen and oxygen atoms in total. The summed E-state index contributed by atoms with van der Waals surface area (Å²) in [5, 5.41) is 19.1. The van der Waals surface area contributed by atoms with Crippen molar-refractivity contribution in [1.82, 2.24) is 15.2 Å². The van der Waals surface area contributed by atoms with E-state index in [-0.39, 0.29) is 11.6 Å². The molecule has 28 heavy (non-hydrogen) atoms. The van der Waals surface area contributed by atoms with E-state index in [1.165, 1.54) is 18.3 Å². The van der Waals surface area contributed by atoms with E-state index in [9.17, 15) is 14.9 Å². The SMILES string of the molecule is O=C(N/N=C/c1ccc([N+](=O)[O-])cc1)c1nn(-c2ccccc2)c2c1CCC2. The maximum Gasteiger partial charge on any atom is 0.292 e. The first-order valence-corrected chi connectivity index (χ1v) is 8.87. The van der Waals surface area contributed by atoms with Gasteiger partial charge in [0.25, 0.3) is 11.6 Å². The molecule has 1 aliphatic carbocycles. The van der Waals surface area contributed by atoms with Crippen molar-refractivity contribution in [2.45, 2.75) is 19.3 Å². The average molecular weight is 375 g/mol. The van der Waals surface area contributed by atoms with Crippen molar-refractivity contribution in [3.05, 3.63) is 87.2 Å². The molecule has 0 aliphatic heterocycles. The Balaban J connectivity index is 1.52. The minimum absolute atomic E-state index is 0.00296. The molecule has 8 heteroatoms. The molecule has 0 atom stereocenters. The molecule has 1 N–H and O–H groups in total. The molecule has 3 aromatic rings. The Morgan fingerprint density at radius 2 is 1.89 bits per heavy atom. The lowest BCUT2D eigenvalue weighted by molar-refractivity contribution is -0.384. The minimum atomic E-state index is -0.466. The van der Waals surface area contributed by atoms with Gasteiger partial charge in [0.1, 0.15) is 0 Å². The van der Waals surface area contributed by atoms with Crippen molar-refractivity contribution >= 4 is 17.8 Å². The molecule has 140 valence electrons. The largest absolute Gasteiger partial charge is 0.292 e. The third-order valence-electron chi connectivity index (χ3n) is 4.63. The number of hydrazone groups is 1. The quantitative estimate of drug-likeness (QED) is 0.421. The van der Waals surface area contributed by atoms with Gasteiger partial charge in [-0.25, -0.2) is 10.1 Å². The number of nitrogens with one attached hydrogen (secondary N) is 1. The Bertz CT molecular complexity index is 1060. The number of para-hydroxylation sites is 1. The van der Waals surface area contributed by atoms with Crippen LogP contribution in [0.5, 0.6) is 0 Å². The van der Waals surface area contributed by atoms with Crippen molar-refractivity contribution in [2.75, 3.05) is 0 Å². The van der Waals surface area contributed by atoms with Crippen LogP contribution in [-0.2, 0) is 12.8 Å². The second-order valence-electron chi connectivity index (χ2n) is 6.42. The molecule has 0 saturated heterocycles. The lowest BCUT2D eigenvalue weighted by atomic mass is 10.2. The number of hydrogen-bond donors (Lipinski definition) is 1. The summed E-state index contributed by atoms with van der Waals surface area (Å²) in [6.45, 7) is 0. The van der Waals surface area contributed by atoms with E-state index in [1.54, 1.807) is 12.1 Å². The molecule has 1 aromatic heterocycles. The molecular formula is C20H17N5O3. The highest BCUT2D eigenvalue weighted by Crippen LogP contribution is 2.27.